The zero-order valence-corrected chi connectivity index (χ0v) is 12.9. The second-order valence-electron chi connectivity index (χ2n) is 5.03. The molecule has 1 saturated carbocycles. The fraction of sp³-hybridized carbons (Fsp3) is 0.846. The van der Waals surface area contributed by atoms with E-state index in [1.54, 1.807) is 0 Å². The van der Waals surface area contributed by atoms with Crippen LogP contribution in [0.25, 0.3) is 0 Å². The number of carboxylic acid groups (broad SMARTS) is 1. The van der Waals surface area contributed by atoms with Crippen LogP contribution in [-0.4, -0.2) is 54.4 Å². The number of hydrogen-bond acceptors (Lipinski definition) is 4. The SMILES string of the molecule is COC(CNC(=O)NC1CCCC(SC)C1)CC(=O)O. The predicted molar refractivity (Wildman–Crippen MR) is 79.1 cm³/mol. The van der Waals surface area contributed by atoms with Crippen molar-refractivity contribution < 1.29 is 19.4 Å². The van der Waals surface area contributed by atoms with Gasteiger partial charge < -0.3 is 20.5 Å². The van der Waals surface area contributed by atoms with E-state index in [0.717, 1.165) is 19.3 Å². The van der Waals surface area contributed by atoms with Crippen LogP contribution in [0, 0.1) is 0 Å². The number of methoxy groups -OCH3 is 1. The number of carbonyl (C=O) groups excluding carboxylic acids is 1. The number of amides is 2. The molecule has 0 heterocycles. The molecule has 116 valence electrons. The number of carbonyl (C=O) groups is 2. The van der Waals surface area contributed by atoms with Crippen LogP contribution in [0.1, 0.15) is 32.1 Å². The molecule has 0 spiro atoms. The van der Waals surface area contributed by atoms with E-state index in [2.05, 4.69) is 16.9 Å². The summed E-state index contributed by atoms with van der Waals surface area (Å²) < 4.78 is 5.01. The molecule has 3 unspecified atom stereocenters. The highest BCUT2D eigenvalue weighted by Gasteiger charge is 2.22. The van der Waals surface area contributed by atoms with E-state index in [1.165, 1.54) is 13.5 Å². The Kier molecular flexibility index (Phi) is 7.76. The number of thioether (sulfide) groups is 1. The lowest BCUT2D eigenvalue weighted by Crippen LogP contribution is -2.46. The number of rotatable bonds is 7. The van der Waals surface area contributed by atoms with Gasteiger partial charge in [0.15, 0.2) is 0 Å². The topological polar surface area (TPSA) is 87.7 Å². The maximum atomic E-state index is 11.8. The minimum absolute atomic E-state index is 0.116. The molecule has 6 nitrogen and oxygen atoms in total. The summed E-state index contributed by atoms with van der Waals surface area (Å²) in [5.74, 6) is -0.936. The molecule has 2 amide bonds. The van der Waals surface area contributed by atoms with E-state index in [-0.39, 0.29) is 25.0 Å². The second kappa shape index (κ2) is 9.07. The largest absolute Gasteiger partial charge is 0.481 e. The summed E-state index contributed by atoms with van der Waals surface area (Å²) in [5, 5.41) is 14.9. The Bertz CT molecular complexity index is 327. The highest BCUT2D eigenvalue weighted by molar-refractivity contribution is 7.99. The Morgan fingerprint density at radius 2 is 2.20 bits per heavy atom. The summed E-state index contributed by atoms with van der Waals surface area (Å²) in [4.78, 5) is 22.4. The van der Waals surface area contributed by atoms with Crippen molar-refractivity contribution in [2.75, 3.05) is 19.9 Å². The predicted octanol–water partition coefficient (Wildman–Crippen LogP) is 1.45. The molecular formula is C13H24N2O4S. The van der Waals surface area contributed by atoms with Gasteiger partial charge in [0.25, 0.3) is 0 Å². The quantitative estimate of drug-likeness (QED) is 0.662. The van der Waals surface area contributed by atoms with Gasteiger partial charge in [-0.25, -0.2) is 4.79 Å². The summed E-state index contributed by atoms with van der Waals surface area (Å²) in [6.07, 6.45) is 5.84. The summed E-state index contributed by atoms with van der Waals surface area (Å²) in [6.45, 7) is 0.202. The van der Waals surface area contributed by atoms with Crippen LogP contribution in [0.2, 0.25) is 0 Å². The average molecular weight is 304 g/mol. The molecule has 0 aromatic rings. The molecule has 1 rings (SSSR count). The monoisotopic (exact) mass is 304 g/mol. The molecule has 1 aliphatic carbocycles. The maximum absolute atomic E-state index is 11.8. The first-order valence-electron chi connectivity index (χ1n) is 6.87. The third-order valence-corrected chi connectivity index (χ3v) is 4.62. The van der Waals surface area contributed by atoms with Crippen LogP contribution in [0.5, 0.6) is 0 Å². The van der Waals surface area contributed by atoms with Gasteiger partial charge in [-0.2, -0.15) is 11.8 Å². The third-order valence-electron chi connectivity index (χ3n) is 3.52. The van der Waals surface area contributed by atoms with E-state index >= 15 is 0 Å². The van der Waals surface area contributed by atoms with Gasteiger partial charge >= 0.3 is 12.0 Å². The van der Waals surface area contributed by atoms with Gasteiger partial charge in [-0.1, -0.05) is 6.42 Å². The number of urea groups is 1. The normalized spacial score (nSPS) is 23.9. The first-order valence-corrected chi connectivity index (χ1v) is 8.15. The van der Waals surface area contributed by atoms with Crippen molar-refractivity contribution in [1.82, 2.24) is 10.6 Å². The molecule has 3 N–H and O–H groups in total. The summed E-state index contributed by atoms with van der Waals surface area (Å²) in [6, 6.07) is -0.0362. The fourth-order valence-electron chi connectivity index (χ4n) is 2.37. The van der Waals surface area contributed by atoms with Gasteiger partial charge in [-0.3, -0.25) is 4.79 Å². The summed E-state index contributed by atoms with van der Waals surface area (Å²) in [7, 11) is 1.44. The molecule has 0 aromatic heterocycles. The van der Waals surface area contributed by atoms with Crippen LogP contribution in [-0.2, 0) is 9.53 Å². The Labute approximate surface area is 124 Å². The number of aliphatic carboxylic acids is 1. The average Bonchev–Trinajstić information content (AvgIpc) is 2.43. The van der Waals surface area contributed by atoms with Gasteiger partial charge in [0.05, 0.1) is 12.5 Å². The second-order valence-corrected chi connectivity index (χ2v) is 6.17. The van der Waals surface area contributed by atoms with Crippen molar-refractivity contribution >= 4 is 23.8 Å². The van der Waals surface area contributed by atoms with E-state index < -0.39 is 12.1 Å². The summed E-state index contributed by atoms with van der Waals surface area (Å²) in [5.41, 5.74) is 0. The number of nitrogens with one attached hydrogen (secondary N) is 2. The zero-order chi connectivity index (χ0) is 15.0. The van der Waals surface area contributed by atoms with E-state index in [9.17, 15) is 9.59 Å². The molecule has 1 fully saturated rings. The lowest BCUT2D eigenvalue weighted by Gasteiger charge is -2.28. The molecule has 0 bridgehead atoms. The van der Waals surface area contributed by atoms with Crippen LogP contribution < -0.4 is 10.6 Å². The van der Waals surface area contributed by atoms with Crippen molar-refractivity contribution in [3.63, 3.8) is 0 Å². The smallest absolute Gasteiger partial charge is 0.315 e. The molecule has 0 aliphatic heterocycles. The van der Waals surface area contributed by atoms with E-state index in [1.807, 2.05) is 11.8 Å². The van der Waals surface area contributed by atoms with Gasteiger partial charge in [0.2, 0.25) is 0 Å². The van der Waals surface area contributed by atoms with Crippen molar-refractivity contribution in [3.05, 3.63) is 0 Å². The third kappa shape index (κ3) is 6.47. The maximum Gasteiger partial charge on any atom is 0.315 e. The van der Waals surface area contributed by atoms with Crippen LogP contribution in [0.3, 0.4) is 0 Å². The Morgan fingerprint density at radius 3 is 2.80 bits per heavy atom. The Morgan fingerprint density at radius 1 is 1.45 bits per heavy atom. The van der Waals surface area contributed by atoms with Gasteiger partial charge in [0, 0.05) is 24.9 Å². The number of hydrogen-bond donors (Lipinski definition) is 3. The molecule has 0 saturated heterocycles. The van der Waals surface area contributed by atoms with E-state index in [0.29, 0.717) is 5.25 Å². The van der Waals surface area contributed by atoms with Crippen LogP contribution >= 0.6 is 11.8 Å². The lowest BCUT2D eigenvalue weighted by molar-refractivity contribution is -0.139. The standard InChI is InChI=1S/C13H24N2O4S/c1-19-10(7-12(16)17)8-14-13(18)15-9-4-3-5-11(6-9)20-2/h9-11H,3-8H2,1-2H3,(H,16,17)(H2,14,15,18). The molecule has 3 atom stereocenters. The van der Waals surface area contributed by atoms with Crippen LogP contribution in [0.15, 0.2) is 0 Å². The van der Waals surface area contributed by atoms with Crippen molar-refractivity contribution in [3.8, 4) is 0 Å². The highest BCUT2D eigenvalue weighted by atomic mass is 32.2. The molecule has 20 heavy (non-hydrogen) atoms. The fourth-order valence-corrected chi connectivity index (χ4v) is 3.19. The zero-order valence-electron chi connectivity index (χ0n) is 12.1. The Hall–Kier alpha value is -0.950. The highest BCUT2D eigenvalue weighted by Crippen LogP contribution is 2.26. The molecular weight excluding hydrogens is 280 g/mol. The summed E-state index contributed by atoms with van der Waals surface area (Å²) >= 11 is 1.85. The minimum atomic E-state index is -0.936. The van der Waals surface area contributed by atoms with Crippen LogP contribution in [0.4, 0.5) is 4.79 Å². The molecule has 1 aliphatic rings. The number of carboxylic acids is 1. The molecule has 7 heteroatoms. The molecule has 0 aromatic carbocycles. The first-order chi connectivity index (χ1) is 9.55. The van der Waals surface area contributed by atoms with Crippen molar-refractivity contribution in [1.29, 1.82) is 0 Å². The Balaban J connectivity index is 2.26. The van der Waals surface area contributed by atoms with Gasteiger partial charge in [0.1, 0.15) is 0 Å². The van der Waals surface area contributed by atoms with Crippen molar-refractivity contribution in [2.45, 2.75) is 49.5 Å². The van der Waals surface area contributed by atoms with E-state index in [4.69, 9.17) is 9.84 Å². The minimum Gasteiger partial charge on any atom is -0.481 e. The van der Waals surface area contributed by atoms with Crippen molar-refractivity contribution in [2.24, 2.45) is 0 Å². The molecule has 0 radical (unpaired) electrons. The van der Waals surface area contributed by atoms with Gasteiger partial charge in [-0.15, -0.1) is 0 Å². The van der Waals surface area contributed by atoms with Gasteiger partial charge in [-0.05, 0) is 25.5 Å². The first kappa shape index (κ1) is 17.1. The lowest BCUT2D eigenvalue weighted by atomic mass is 9.95. The number of ether oxygens (including phenoxy) is 1.